The Kier molecular flexibility index (Phi) is 4.70. The van der Waals surface area contributed by atoms with E-state index in [4.69, 9.17) is 0 Å². The minimum absolute atomic E-state index is 1.33. The predicted molar refractivity (Wildman–Crippen MR) is 49.7 cm³/mol. The van der Waals surface area contributed by atoms with Crippen molar-refractivity contribution in [3.8, 4) is 0 Å². The van der Waals surface area contributed by atoms with Gasteiger partial charge in [-0.3, -0.25) is 3.87 Å². The molecule has 0 amide bonds. The lowest BCUT2D eigenvalue weighted by Gasteiger charge is -2.17. The zero-order chi connectivity index (χ0) is 14.1. The molecule has 0 aromatic rings. The van der Waals surface area contributed by atoms with Crippen molar-refractivity contribution in [2.24, 2.45) is 0 Å². The first kappa shape index (κ1) is 16.3. The number of allylic oxidation sites excluding steroid dienone is 1. The van der Waals surface area contributed by atoms with Gasteiger partial charge in [-0.1, -0.05) is 0 Å². The minimum Gasteiger partial charge on any atom is -0.351 e. The lowest BCUT2D eigenvalue weighted by Crippen LogP contribution is -2.31. The van der Waals surface area contributed by atoms with Crippen LogP contribution in [0.2, 0.25) is 19.6 Å². The van der Waals surface area contributed by atoms with E-state index >= 15 is 0 Å². The first-order valence-electron chi connectivity index (χ1n) is 4.02. The Morgan fingerprint density at radius 1 is 1.12 bits per heavy atom. The van der Waals surface area contributed by atoms with Gasteiger partial charge in [-0.05, 0) is 19.6 Å². The molecule has 0 heterocycles. The average molecular weight is 300 g/mol. The molecule has 0 aliphatic heterocycles. The molecule has 0 fully saturated rings. The van der Waals surface area contributed by atoms with Crippen LogP contribution in [0.4, 0.5) is 22.0 Å². The van der Waals surface area contributed by atoms with Crippen molar-refractivity contribution in [2.75, 3.05) is 0 Å². The van der Waals surface area contributed by atoms with E-state index in [1.165, 1.54) is 19.6 Å². The second kappa shape index (κ2) is 4.90. The Morgan fingerprint density at radius 3 is 1.76 bits per heavy atom. The van der Waals surface area contributed by atoms with Crippen LogP contribution in [0.1, 0.15) is 0 Å². The van der Waals surface area contributed by atoms with Crippen LogP contribution in [0.25, 0.3) is 0 Å². The van der Waals surface area contributed by atoms with E-state index in [0.717, 1.165) is 0 Å². The zero-order valence-corrected chi connectivity index (χ0v) is 10.7. The van der Waals surface area contributed by atoms with Gasteiger partial charge in [0, 0.05) is 0 Å². The third kappa shape index (κ3) is 6.58. The maximum Gasteiger partial charge on any atom is 0.456 e. The summed E-state index contributed by atoms with van der Waals surface area (Å²) in [6, 6.07) is 0. The molecule has 0 rings (SSSR count). The van der Waals surface area contributed by atoms with E-state index in [-0.39, 0.29) is 0 Å². The molecule has 0 aliphatic rings. The van der Waals surface area contributed by atoms with Gasteiger partial charge in [0.15, 0.2) is 0 Å². The van der Waals surface area contributed by atoms with Crippen molar-refractivity contribution in [3.05, 3.63) is 11.8 Å². The first-order valence-corrected chi connectivity index (χ1v) is 8.76. The third-order valence-electron chi connectivity index (χ3n) is 0.967. The van der Waals surface area contributed by atoms with Gasteiger partial charge in [-0.2, -0.15) is 30.4 Å². The average Bonchev–Trinajstić information content (AvgIpc) is 1.92. The Bertz CT molecular complexity index is 403. The Hall–Kier alpha value is -0.683. The van der Waals surface area contributed by atoms with Crippen LogP contribution in [0.3, 0.4) is 0 Å². The number of alkyl halides is 3. The Balaban J connectivity index is 5.14. The molecular formula is C6H9F5O4SSi. The van der Waals surface area contributed by atoms with E-state index in [0.29, 0.717) is 0 Å². The van der Waals surface area contributed by atoms with Crippen LogP contribution >= 0.6 is 0 Å². The summed E-state index contributed by atoms with van der Waals surface area (Å²) < 4.78 is 89.0. The molecule has 4 nitrogen and oxygen atoms in total. The number of hydrogen-bond acceptors (Lipinski definition) is 4. The van der Waals surface area contributed by atoms with Crippen molar-refractivity contribution in [3.63, 3.8) is 0 Å². The molecule has 0 saturated carbocycles. The predicted octanol–water partition coefficient (Wildman–Crippen LogP) is 2.77. The van der Waals surface area contributed by atoms with Gasteiger partial charge in [-0.25, -0.2) is 0 Å². The normalized spacial score (nSPS) is 13.4. The van der Waals surface area contributed by atoms with Gasteiger partial charge in [0.25, 0.3) is 5.76 Å². The molecule has 0 spiro atoms. The summed E-state index contributed by atoms with van der Waals surface area (Å²) in [4.78, 5) is 0. The smallest absolute Gasteiger partial charge is 0.351 e. The molecule has 0 aromatic heterocycles. The van der Waals surface area contributed by atoms with Crippen LogP contribution in [-0.2, 0) is 18.5 Å². The van der Waals surface area contributed by atoms with Gasteiger partial charge >= 0.3 is 22.7 Å². The molecular weight excluding hydrogens is 291 g/mol. The first-order chi connectivity index (χ1) is 7.25. The summed E-state index contributed by atoms with van der Waals surface area (Å²) in [7, 11) is -7.96. The highest BCUT2D eigenvalue weighted by molar-refractivity contribution is 7.83. The molecule has 17 heavy (non-hydrogen) atoms. The summed E-state index contributed by atoms with van der Waals surface area (Å²) >= 11 is 0. The van der Waals surface area contributed by atoms with Gasteiger partial charge in [0.2, 0.25) is 8.32 Å². The topological polar surface area (TPSA) is 52.6 Å². The molecule has 0 aliphatic carbocycles. The largest absolute Gasteiger partial charge is 0.456 e. The Morgan fingerprint density at radius 2 is 1.53 bits per heavy atom. The number of halogens is 5. The second-order valence-corrected chi connectivity index (χ2v) is 9.65. The monoisotopic (exact) mass is 300 g/mol. The Labute approximate surface area is 95.5 Å². The minimum atomic E-state index is -5.62. The summed E-state index contributed by atoms with van der Waals surface area (Å²) in [5, 5.41) is 0. The summed E-state index contributed by atoms with van der Waals surface area (Å²) in [6.45, 7) is 3.99. The van der Waals surface area contributed by atoms with E-state index in [2.05, 4.69) is 8.06 Å². The standard InChI is InChI=1S/C6H9F5O4SSi/c1-17(2,3)15-16(12,13)14-4(5(7)8)6(9,10)11/h1-3H3. The lowest BCUT2D eigenvalue weighted by atomic mass is 10.5. The van der Waals surface area contributed by atoms with Crippen LogP contribution in [-0.4, -0.2) is 22.9 Å². The molecule has 102 valence electrons. The highest BCUT2D eigenvalue weighted by atomic mass is 32.3. The van der Waals surface area contributed by atoms with Crippen molar-refractivity contribution >= 4 is 18.7 Å². The summed E-state index contributed by atoms with van der Waals surface area (Å²) in [5.74, 6) is -2.89. The second-order valence-electron chi connectivity index (χ2n) is 3.77. The fraction of sp³-hybridized carbons (Fsp3) is 0.667. The molecule has 0 bridgehead atoms. The summed E-state index contributed by atoms with van der Waals surface area (Å²) in [5.41, 5.74) is 0. The third-order valence-corrected chi connectivity index (χ3v) is 4.15. The van der Waals surface area contributed by atoms with Crippen molar-refractivity contribution < 1.29 is 38.4 Å². The SMILES string of the molecule is C[Si](C)(C)OS(=O)(=O)OC(=C(F)F)C(F)(F)F. The van der Waals surface area contributed by atoms with Gasteiger partial charge in [0.05, 0.1) is 0 Å². The molecule has 11 heteroatoms. The van der Waals surface area contributed by atoms with Crippen LogP contribution in [0.15, 0.2) is 11.8 Å². The lowest BCUT2D eigenvalue weighted by molar-refractivity contribution is -0.121. The number of hydrogen-bond donors (Lipinski definition) is 0. The van der Waals surface area contributed by atoms with Gasteiger partial charge in [0.1, 0.15) is 0 Å². The van der Waals surface area contributed by atoms with Crippen molar-refractivity contribution in [2.45, 2.75) is 25.8 Å². The van der Waals surface area contributed by atoms with Gasteiger partial charge < -0.3 is 4.18 Å². The van der Waals surface area contributed by atoms with Crippen LogP contribution in [0, 0.1) is 0 Å². The van der Waals surface area contributed by atoms with Crippen LogP contribution in [0.5, 0.6) is 0 Å². The maximum atomic E-state index is 12.0. The van der Waals surface area contributed by atoms with Crippen LogP contribution < -0.4 is 0 Å². The molecule has 0 saturated heterocycles. The van der Waals surface area contributed by atoms with E-state index < -0.39 is 36.7 Å². The molecule has 0 radical (unpaired) electrons. The molecule has 0 aromatic carbocycles. The highest BCUT2D eigenvalue weighted by Crippen LogP contribution is 2.32. The van der Waals surface area contributed by atoms with Gasteiger partial charge in [-0.15, -0.1) is 0 Å². The van der Waals surface area contributed by atoms with E-state index in [1.807, 2.05) is 0 Å². The zero-order valence-electron chi connectivity index (χ0n) is 8.93. The summed E-state index contributed by atoms with van der Waals surface area (Å²) in [6.07, 6.45) is -8.91. The molecule has 0 N–H and O–H groups in total. The molecule has 0 atom stereocenters. The van der Waals surface area contributed by atoms with Crippen molar-refractivity contribution in [1.82, 2.24) is 0 Å². The highest BCUT2D eigenvalue weighted by Gasteiger charge is 2.44. The maximum absolute atomic E-state index is 12.0. The van der Waals surface area contributed by atoms with E-state index in [9.17, 15) is 30.4 Å². The fourth-order valence-electron chi connectivity index (χ4n) is 0.611. The fourth-order valence-corrected chi connectivity index (χ4v) is 3.56. The quantitative estimate of drug-likeness (QED) is 0.455. The van der Waals surface area contributed by atoms with E-state index in [1.54, 1.807) is 0 Å². The number of rotatable bonds is 4. The molecule has 0 unspecified atom stereocenters. The van der Waals surface area contributed by atoms with Crippen molar-refractivity contribution in [1.29, 1.82) is 0 Å².